The van der Waals surface area contributed by atoms with E-state index in [0.29, 0.717) is 28.0 Å². The molecule has 6 rings (SSSR count). The maximum absolute atomic E-state index is 12.7. The Kier molecular flexibility index (Phi) is 5.55. The smallest absolute Gasteiger partial charge is 0.257 e. The average molecular weight is 493 g/mol. The van der Waals surface area contributed by atoms with E-state index >= 15 is 0 Å². The van der Waals surface area contributed by atoms with Crippen molar-refractivity contribution in [2.45, 2.75) is 17.0 Å². The highest BCUT2D eigenvalue weighted by Crippen LogP contribution is 2.29. The molecule has 6 aromatic rings. The summed E-state index contributed by atoms with van der Waals surface area (Å²) in [6, 6.07) is 22.9. The average Bonchev–Trinajstić information content (AvgIpc) is 3.53. The summed E-state index contributed by atoms with van der Waals surface area (Å²) in [5.74, 6) is 1.14. The summed E-state index contributed by atoms with van der Waals surface area (Å²) in [7, 11) is 0. The van der Waals surface area contributed by atoms with Crippen LogP contribution in [0.3, 0.4) is 0 Å². The Morgan fingerprint density at radius 3 is 2.72 bits per heavy atom. The van der Waals surface area contributed by atoms with E-state index in [9.17, 15) is 4.79 Å². The molecule has 0 unspecified atom stereocenters. The number of pyridine rings is 1. The number of benzene rings is 2. The van der Waals surface area contributed by atoms with Crippen molar-refractivity contribution >= 4 is 51.4 Å². The fraction of sp³-hybridized carbons (Fsp3) is 0.0385. The first kappa shape index (κ1) is 21.8. The fourth-order valence-corrected chi connectivity index (χ4v) is 4.51. The first-order valence-electron chi connectivity index (χ1n) is 11.2. The number of aryl methyl sites for hydroxylation is 1. The number of carbonyl (C=O) groups excluding carboxylic acids is 1. The van der Waals surface area contributed by atoms with Gasteiger partial charge in [-0.05, 0) is 67.2 Å². The maximum atomic E-state index is 12.7. The second kappa shape index (κ2) is 9.16. The number of aromatic amines is 1. The maximum Gasteiger partial charge on any atom is 0.257 e. The number of aromatic nitrogens is 6. The molecule has 0 fully saturated rings. The predicted octanol–water partition coefficient (Wildman–Crippen LogP) is 5.46. The molecule has 0 atom stereocenters. The minimum absolute atomic E-state index is 0.209. The van der Waals surface area contributed by atoms with Gasteiger partial charge in [0.05, 0.1) is 11.1 Å². The van der Waals surface area contributed by atoms with E-state index < -0.39 is 0 Å². The van der Waals surface area contributed by atoms with Crippen LogP contribution >= 0.6 is 11.8 Å². The standard InChI is InChI=1S/C26H20N8OS/c1-16-13-23(32-31-16)29-24-22-7-4-12-34(22)33-26(30-24)36-20-10-8-19(9-11-20)28-25(35)18-14-17-5-2-3-6-21(17)27-15-18/h2-15H,1H3,(H,28,35)(H2,29,30,31,32,33). The Balaban J connectivity index is 1.18. The highest BCUT2D eigenvalue weighted by Gasteiger charge is 2.12. The molecule has 4 aromatic heterocycles. The molecule has 4 heterocycles. The Hall–Kier alpha value is -4.70. The van der Waals surface area contributed by atoms with Crippen LogP contribution < -0.4 is 10.6 Å². The zero-order valence-corrected chi connectivity index (χ0v) is 20.0. The molecule has 176 valence electrons. The minimum atomic E-state index is -0.209. The van der Waals surface area contributed by atoms with Gasteiger partial charge in [-0.2, -0.15) is 5.10 Å². The molecule has 0 aliphatic carbocycles. The summed E-state index contributed by atoms with van der Waals surface area (Å²) in [4.78, 5) is 22.7. The van der Waals surface area contributed by atoms with Gasteiger partial charge in [0.25, 0.3) is 5.91 Å². The van der Waals surface area contributed by atoms with Gasteiger partial charge in [-0.3, -0.25) is 14.9 Å². The summed E-state index contributed by atoms with van der Waals surface area (Å²) in [6.07, 6.45) is 3.47. The third-order valence-electron chi connectivity index (χ3n) is 5.50. The molecule has 0 bridgehead atoms. The predicted molar refractivity (Wildman–Crippen MR) is 140 cm³/mol. The van der Waals surface area contributed by atoms with Crippen molar-refractivity contribution in [1.29, 1.82) is 0 Å². The van der Waals surface area contributed by atoms with Gasteiger partial charge in [0.1, 0.15) is 5.52 Å². The topological polar surface area (TPSA) is 113 Å². The second-order valence-corrected chi connectivity index (χ2v) is 9.18. The lowest BCUT2D eigenvalue weighted by atomic mass is 10.1. The number of amides is 1. The van der Waals surface area contributed by atoms with Crippen LogP contribution in [0.5, 0.6) is 0 Å². The van der Waals surface area contributed by atoms with Crippen LogP contribution in [0.15, 0.2) is 95.2 Å². The van der Waals surface area contributed by atoms with E-state index in [1.54, 1.807) is 10.7 Å². The lowest BCUT2D eigenvalue weighted by Crippen LogP contribution is -2.12. The van der Waals surface area contributed by atoms with Crippen LogP contribution in [0.2, 0.25) is 0 Å². The van der Waals surface area contributed by atoms with Crippen LogP contribution in [0.1, 0.15) is 16.1 Å². The lowest BCUT2D eigenvalue weighted by molar-refractivity contribution is 0.102. The van der Waals surface area contributed by atoms with Gasteiger partial charge < -0.3 is 10.6 Å². The van der Waals surface area contributed by atoms with E-state index in [1.165, 1.54) is 11.8 Å². The molecule has 0 radical (unpaired) electrons. The van der Waals surface area contributed by atoms with Crippen LogP contribution in [0, 0.1) is 6.92 Å². The number of H-pyrrole nitrogens is 1. The molecule has 9 nitrogen and oxygen atoms in total. The molecular formula is C26H20N8OS. The van der Waals surface area contributed by atoms with E-state index in [-0.39, 0.29) is 5.91 Å². The molecule has 0 aliphatic rings. The van der Waals surface area contributed by atoms with Crippen LogP contribution in [-0.2, 0) is 0 Å². The van der Waals surface area contributed by atoms with Gasteiger partial charge in [0.15, 0.2) is 11.6 Å². The molecule has 10 heteroatoms. The van der Waals surface area contributed by atoms with Gasteiger partial charge in [-0.25, -0.2) is 9.50 Å². The summed E-state index contributed by atoms with van der Waals surface area (Å²) in [5.41, 5.74) is 3.86. The minimum Gasteiger partial charge on any atom is -0.322 e. The van der Waals surface area contributed by atoms with Crippen LogP contribution in [0.25, 0.3) is 16.4 Å². The number of nitrogens with zero attached hydrogens (tertiary/aromatic N) is 5. The number of hydrogen-bond donors (Lipinski definition) is 3. The summed E-state index contributed by atoms with van der Waals surface area (Å²) < 4.78 is 1.78. The first-order chi connectivity index (χ1) is 17.6. The molecule has 0 saturated heterocycles. The number of hydrogen-bond acceptors (Lipinski definition) is 7. The van der Waals surface area contributed by atoms with Crippen molar-refractivity contribution in [3.05, 3.63) is 96.4 Å². The Labute approximate surface area is 210 Å². The summed E-state index contributed by atoms with van der Waals surface area (Å²) >= 11 is 1.43. The van der Waals surface area contributed by atoms with Gasteiger partial charge in [-0.15, -0.1) is 5.10 Å². The molecule has 0 saturated carbocycles. The summed E-state index contributed by atoms with van der Waals surface area (Å²) in [6.45, 7) is 1.94. The van der Waals surface area contributed by atoms with Gasteiger partial charge in [-0.1, -0.05) is 18.2 Å². The number of nitrogens with one attached hydrogen (secondary N) is 3. The van der Waals surface area contributed by atoms with Crippen LogP contribution in [0.4, 0.5) is 17.3 Å². The lowest BCUT2D eigenvalue weighted by Gasteiger charge is -2.09. The van der Waals surface area contributed by atoms with Crippen LogP contribution in [-0.4, -0.2) is 35.7 Å². The zero-order chi connectivity index (χ0) is 24.5. The number of carbonyl (C=O) groups is 1. The van der Waals surface area contributed by atoms with Gasteiger partial charge in [0, 0.05) is 40.1 Å². The van der Waals surface area contributed by atoms with E-state index in [4.69, 9.17) is 4.98 Å². The summed E-state index contributed by atoms with van der Waals surface area (Å²) in [5, 5.41) is 19.4. The van der Waals surface area contributed by atoms with Gasteiger partial charge in [0.2, 0.25) is 5.16 Å². The van der Waals surface area contributed by atoms with E-state index in [1.807, 2.05) is 85.9 Å². The molecule has 0 spiro atoms. The molecule has 0 aliphatic heterocycles. The number of fused-ring (bicyclic) bond motifs is 2. The molecule has 3 N–H and O–H groups in total. The largest absolute Gasteiger partial charge is 0.322 e. The van der Waals surface area contributed by atoms with E-state index in [0.717, 1.165) is 27.0 Å². The number of rotatable bonds is 6. The fourth-order valence-electron chi connectivity index (χ4n) is 3.76. The Morgan fingerprint density at radius 2 is 1.89 bits per heavy atom. The SMILES string of the molecule is Cc1cc(Nc2nc(Sc3ccc(NC(=O)c4cnc5ccccc5c4)cc3)nn3cccc23)n[nH]1. The number of anilines is 3. The second-order valence-electron chi connectivity index (χ2n) is 8.14. The monoisotopic (exact) mass is 492 g/mol. The zero-order valence-electron chi connectivity index (χ0n) is 19.1. The number of para-hydroxylation sites is 1. The Morgan fingerprint density at radius 1 is 1.03 bits per heavy atom. The molecule has 1 amide bonds. The van der Waals surface area contributed by atoms with Crippen molar-refractivity contribution in [1.82, 2.24) is 29.8 Å². The van der Waals surface area contributed by atoms with Gasteiger partial charge >= 0.3 is 0 Å². The Bertz CT molecular complexity index is 1710. The quantitative estimate of drug-likeness (QED) is 0.283. The van der Waals surface area contributed by atoms with Crippen molar-refractivity contribution < 1.29 is 4.79 Å². The van der Waals surface area contributed by atoms with Crippen molar-refractivity contribution in [2.24, 2.45) is 0 Å². The highest BCUT2D eigenvalue weighted by atomic mass is 32.2. The normalized spacial score (nSPS) is 11.1. The third-order valence-corrected chi connectivity index (χ3v) is 6.36. The molecule has 2 aromatic carbocycles. The third kappa shape index (κ3) is 4.49. The first-order valence-corrected chi connectivity index (χ1v) is 12.0. The van der Waals surface area contributed by atoms with Crippen molar-refractivity contribution in [3.63, 3.8) is 0 Å². The molecular weight excluding hydrogens is 472 g/mol. The van der Waals surface area contributed by atoms with Crippen molar-refractivity contribution in [2.75, 3.05) is 10.6 Å². The molecule has 36 heavy (non-hydrogen) atoms. The van der Waals surface area contributed by atoms with E-state index in [2.05, 4.69) is 30.9 Å². The highest BCUT2D eigenvalue weighted by molar-refractivity contribution is 7.99. The van der Waals surface area contributed by atoms with Crippen molar-refractivity contribution in [3.8, 4) is 0 Å².